The Morgan fingerprint density at radius 3 is 1.82 bits per heavy atom. The number of rotatable bonds is 2. The van der Waals surface area contributed by atoms with Gasteiger partial charge in [0.15, 0.2) is 0 Å². The second kappa shape index (κ2) is 4.72. The summed E-state index contributed by atoms with van der Waals surface area (Å²) in [5.41, 5.74) is 3.78. The zero-order valence-electron chi connectivity index (χ0n) is 12.3. The second-order valence-corrected chi connectivity index (χ2v) is 6.52. The van der Waals surface area contributed by atoms with E-state index in [9.17, 15) is 5.11 Å². The summed E-state index contributed by atoms with van der Waals surface area (Å²) in [7, 11) is 0. The van der Waals surface area contributed by atoms with E-state index < -0.39 is 0 Å². The minimum atomic E-state index is -0.0193. The maximum atomic E-state index is 10.2. The van der Waals surface area contributed by atoms with Crippen molar-refractivity contribution in [2.24, 2.45) is 0 Å². The zero-order chi connectivity index (χ0) is 13.4. The summed E-state index contributed by atoms with van der Waals surface area (Å²) < 4.78 is 0. The predicted octanol–water partition coefficient (Wildman–Crippen LogP) is 4.94. The van der Waals surface area contributed by atoms with Crippen LogP contribution in [0.15, 0.2) is 12.1 Å². The second-order valence-electron chi connectivity index (χ2n) is 6.52. The third-order valence-corrected chi connectivity index (χ3v) is 3.21. The Kier molecular flexibility index (Phi) is 3.91. The van der Waals surface area contributed by atoms with Gasteiger partial charge in [0, 0.05) is 5.56 Å². The highest BCUT2D eigenvalue weighted by atomic mass is 16.3. The standard InChI is InChI=1S/C16H26O/c1-10(2)12-8-9-13(17)15(16(5,6)7)14(12)11(3)4/h8-11,17H,1-7H3. The first-order valence-corrected chi connectivity index (χ1v) is 6.52. The van der Waals surface area contributed by atoms with Crippen LogP contribution in [0.2, 0.25) is 0 Å². The van der Waals surface area contributed by atoms with Gasteiger partial charge in [-0.05, 0) is 34.4 Å². The van der Waals surface area contributed by atoms with Crippen LogP contribution in [0, 0.1) is 0 Å². The molecule has 0 aliphatic heterocycles. The third kappa shape index (κ3) is 2.83. The molecule has 0 saturated carbocycles. The molecule has 0 radical (unpaired) electrons. The Labute approximate surface area is 106 Å². The largest absolute Gasteiger partial charge is 0.508 e. The zero-order valence-corrected chi connectivity index (χ0v) is 12.3. The molecule has 96 valence electrons. The first-order valence-electron chi connectivity index (χ1n) is 6.52. The lowest BCUT2D eigenvalue weighted by Crippen LogP contribution is -2.17. The monoisotopic (exact) mass is 234 g/mol. The Morgan fingerprint density at radius 1 is 0.941 bits per heavy atom. The maximum absolute atomic E-state index is 10.2. The summed E-state index contributed by atoms with van der Waals surface area (Å²) in [6.07, 6.45) is 0. The minimum absolute atomic E-state index is 0.0193. The molecule has 0 bridgehead atoms. The van der Waals surface area contributed by atoms with E-state index in [0.29, 0.717) is 17.6 Å². The summed E-state index contributed by atoms with van der Waals surface area (Å²) in [6, 6.07) is 3.92. The van der Waals surface area contributed by atoms with Gasteiger partial charge >= 0.3 is 0 Å². The molecule has 1 heteroatoms. The van der Waals surface area contributed by atoms with Gasteiger partial charge in [0.1, 0.15) is 5.75 Å². The quantitative estimate of drug-likeness (QED) is 0.768. The van der Waals surface area contributed by atoms with Gasteiger partial charge in [-0.2, -0.15) is 0 Å². The van der Waals surface area contributed by atoms with E-state index in [1.165, 1.54) is 11.1 Å². The van der Waals surface area contributed by atoms with E-state index in [1.807, 2.05) is 6.07 Å². The molecule has 0 aliphatic rings. The van der Waals surface area contributed by atoms with Crippen molar-refractivity contribution in [3.05, 3.63) is 28.8 Å². The smallest absolute Gasteiger partial charge is 0.119 e. The summed E-state index contributed by atoms with van der Waals surface area (Å²) in [5.74, 6) is 1.37. The van der Waals surface area contributed by atoms with Gasteiger partial charge in [-0.1, -0.05) is 54.5 Å². The van der Waals surface area contributed by atoms with E-state index in [4.69, 9.17) is 0 Å². The van der Waals surface area contributed by atoms with Crippen LogP contribution in [-0.2, 0) is 5.41 Å². The van der Waals surface area contributed by atoms with Crippen molar-refractivity contribution in [3.8, 4) is 5.75 Å². The molecule has 0 atom stereocenters. The number of hydrogen-bond acceptors (Lipinski definition) is 1. The fourth-order valence-corrected chi connectivity index (χ4v) is 2.54. The molecular formula is C16H26O. The highest BCUT2D eigenvalue weighted by Gasteiger charge is 2.26. The van der Waals surface area contributed by atoms with Crippen molar-refractivity contribution in [3.63, 3.8) is 0 Å². The molecule has 1 N–H and O–H groups in total. The molecule has 1 rings (SSSR count). The van der Waals surface area contributed by atoms with Crippen molar-refractivity contribution in [2.75, 3.05) is 0 Å². The average molecular weight is 234 g/mol. The molecule has 0 spiro atoms. The lowest BCUT2D eigenvalue weighted by molar-refractivity contribution is 0.441. The lowest BCUT2D eigenvalue weighted by Gasteiger charge is -2.29. The summed E-state index contributed by atoms with van der Waals surface area (Å²) in [5, 5.41) is 10.2. The van der Waals surface area contributed by atoms with Gasteiger partial charge in [0.2, 0.25) is 0 Å². The first-order chi connectivity index (χ1) is 7.66. The van der Waals surface area contributed by atoms with Crippen LogP contribution in [0.4, 0.5) is 0 Å². The summed E-state index contributed by atoms with van der Waals surface area (Å²) in [4.78, 5) is 0. The molecule has 0 aliphatic carbocycles. The highest BCUT2D eigenvalue weighted by molar-refractivity contribution is 5.50. The van der Waals surface area contributed by atoms with E-state index in [0.717, 1.165) is 5.56 Å². The molecule has 0 fully saturated rings. The van der Waals surface area contributed by atoms with Gasteiger partial charge in [-0.15, -0.1) is 0 Å². The molecule has 1 nitrogen and oxygen atoms in total. The molecule has 1 aromatic carbocycles. The fraction of sp³-hybridized carbons (Fsp3) is 0.625. The van der Waals surface area contributed by atoms with Gasteiger partial charge < -0.3 is 5.11 Å². The Balaban J connectivity index is 3.61. The van der Waals surface area contributed by atoms with Crippen molar-refractivity contribution in [1.82, 2.24) is 0 Å². The predicted molar refractivity (Wildman–Crippen MR) is 75.0 cm³/mol. The molecule has 0 saturated heterocycles. The van der Waals surface area contributed by atoms with Crippen LogP contribution >= 0.6 is 0 Å². The van der Waals surface area contributed by atoms with Crippen LogP contribution in [0.3, 0.4) is 0 Å². The number of aromatic hydroxyl groups is 1. The minimum Gasteiger partial charge on any atom is -0.508 e. The summed E-state index contributed by atoms with van der Waals surface area (Å²) >= 11 is 0. The normalized spacial score (nSPS) is 12.5. The van der Waals surface area contributed by atoms with Crippen LogP contribution in [0.25, 0.3) is 0 Å². The van der Waals surface area contributed by atoms with Crippen LogP contribution in [0.1, 0.15) is 77.0 Å². The Morgan fingerprint density at radius 2 is 1.47 bits per heavy atom. The summed E-state index contributed by atoms with van der Waals surface area (Å²) in [6.45, 7) is 15.3. The number of benzene rings is 1. The van der Waals surface area contributed by atoms with Gasteiger partial charge in [-0.3, -0.25) is 0 Å². The average Bonchev–Trinajstić information content (AvgIpc) is 2.14. The van der Waals surface area contributed by atoms with E-state index in [2.05, 4.69) is 54.5 Å². The van der Waals surface area contributed by atoms with E-state index in [-0.39, 0.29) is 5.41 Å². The Hall–Kier alpha value is -0.980. The molecule has 0 heterocycles. The number of hydrogen-bond donors (Lipinski definition) is 1. The lowest BCUT2D eigenvalue weighted by atomic mass is 9.76. The van der Waals surface area contributed by atoms with Crippen molar-refractivity contribution < 1.29 is 5.11 Å². The van der Waals surface area contributed by atoms with E-state index in [1.54, 1.807) is 0 Å². The third-order valence-electron chi connectivity index (χ3n) is 3.21. The highest BCUT2D eigenvalue weighted by Crippen LogP contribution is 2.40. The van der Waals surface area contributed by atoms with Crippen LogP contribution in [-0.4, -0.2) is 5.11 Å². The van der Waals surface area contributed by atoms with Gasteiger partial charge in [0.25, 0.3) is 0 Å². The van der Waals surface area contributed by atoms with Gasteiger partial charge in [0.05, 0.1) is 0 Å². The molecule has 0 unspecified atom stereocenters. The van der Waals surface area contributed by atoms with Crippen molar-refractivity contribution in [2.45, 2.75) is 65.7 Å². The topological polar surface area (TPSA) is 20.2 Å². The van der Waals surface area contributed by atoms with Crippen molar-refractivity contribution >= 4 is 0 Å². The van der Waals surface area contributed by atoms with Gasteiger partial charge in [-0.25, -0.2) is 0 Å². The van der Waals surface area contributed by atoms with Crippen molar-refractivity contribution in [1.29, 1.82) is 0 Å². The van der Waals surface area contributed by atoms with E-state index >= 15 is 0 Å². The Bertz CT molecular complexity index is 395. The number of phenolic OH excluding ortho intramolecular Hbond substituents is 1. The SMILES string of the molecule is CC(C)c1ccc(O)c(C(C)(C)C)c1C(C)C. The first kappa shape index (κ1) is 14.1. The fourth-order valence-electron chi connectivity index (χ4n) is 2.54. The molecular weight excluding hydrogens is 208 g/mol. The maximum Gasteiger partial charge on any atom is 0.119 e. The number of phenols is 1. The van der Waals surface area contributed by atoms with Crippen LogP contribution < -0.4 is 0 Å². The molecule has 0 amide bonds. The molecule has 0 aromatic heterocycles. The molecule has 17 heavy (non-hydrogen) atoms. The molecule has 1 aromatic rings. The van der Waals surface area contributed by atoms with Crippen LogP contribution in [0.5, 0.6) is 5.75 Å².